The van der Waals surface area contributed by atoms with Crippen molar-refractivity contribution in [2.75, 3.05) is 31.1 Å². The number of anilines is 1. The summed E-state index contributed by atoms with van der Waals surface area (Å²) in [6.45, 7) is 9.81. The van der Waals surface area contributed by atoms with E-state index in [-0.39, 0.29) is 17.2 Å². The van der Waals surface area contributed by atoms with E-state index >= 15 is 0 Å². The number of nitrogens with zero attached hydrogens (tertiary/aromatic N) is 4. The van der Waals surface area contributed by atoms with E-state index in [1.54, 1.807) is 12.3 Å². The zero-order valence-corrected chi connectivity index (χ0v) is 19.1. The maximum atomic E-state index is 12.8. The first kappa shape index (κ1) is 21.6. The number of amides is 1. The number of benzene rings is 1. The fourth-order valence-electron chi connectivity index (χ4n) is 4.83. The van der Waals surface area contributed by atoms with Crippen LogP contribution in [0.25, 0.3) is 0 Å². The molecule has 2 aliphatic rings. The van der Waals surface area contributed by atoms with Gasteiger partial charge in [-0.2, -0.15) is 9.78 Å². The van der Waals surface area contributed by atoms with Crippen molar-refractivity contribution < 1.29 is 9.59 Å². The van der Waals surface area contributed by atoms with Gasteiger partial charge in [0.05, 0.1) is 0 Å². The van der Waals surface area contributed by atoms with Gasteiger partial charge in [0, 0.05) is 45.0 Å². The lowest BCUT2D eigenvalue weighted by molar-refractivity contribution is 0.101. The maximum absolute atomic E-state index is 12.8. The summed E-state index contributed by atoms with van der Waals surface area (Å²) in [5, 5.41) is 4.12. The molecular weight excluding hydrogens is 388 g/mol. The molecule has 0 spiro atoms. The second-order valence-electron chi connectivity index (χ2n) is 9.61. The topological polar surface area (TPSA) is 58.4 Å². The van der Waals surface area contributed by atoms with E-state index in [0.717, 1.165) is 38.8 Å². The highest BCUT2D eigenvalue weighted by atomic mass is 16.2. The highest BCUT2D eigenvalue weighted by Gasteiger charge is 2.32. The minimum atomic E-state index is -0.135. The van der Waals surface area contributed by atoms with Crippen molar-refractivity contribution in [3.05, 3.63) is 47.3 Å². The maximum Gasteiger partial charge on any atom is 0.344 e. The molecule has 1 amide bonds. The first-order valence-electron chi connectivity index (χ1n) is 11.6. The summed E-state index contributed by atoms with van der Waals surface area (Å²) < 4.78 is 1.30. The number of ketones is 1. The molecule has 2 saturated heterocycles. The van der Waals surface area contributed by atoms with Crippen molar-refractivity contribution in [1.82, 2.24) is 14.7 Å². The van der Waals surface area contributed by atoms with Gasteiger partial charge < -0.3 is 9.80 Å². The summed E-state index contributed by atoms with van der Waals surface area (Å²) in [7, 11) is 0. The SMILES string of the molecule is CC(=O)c1ccn(C(=O)N2CCC(C)(CCc3ccc(C)cc3N3CCCC3)CC2)n1. The predicted molar refractivity (Wildman–Crippen MR) is 123 cm³/mol. The Bertz CT molecular complexity index is 950. The molecule has 4 rings (SSSR count). The Morgan fingerprint density at radius 3 is 2.42 bits per heavy atom. The number of aromatic nitrogens is 2. The lowest BCUT2D eigenvalue weighted by Crippen LogP contribution is -2.44. The van der Waals surface area contributed by atoms with Gasteiger partial charge in [-0.05, 0) is 74.1 Å². The quantitative estimate of drug-likeness (QED) is 0.656. The van der Waals surface area contributed by atoms with E-state index in [9.17, 15) is 9.59 Å². The van der Waals surface area contributed by atoms with E-state index in [4.69, 9.17) is 0 Å². The van der Waals surface area contributed by atoms with Crippen LogP contribution in [0.3, 0.4) is 0 Å². The smallest absolute Gasteiger partial charge is 0.344 e. The Labute approximate surface area is 185 Å². The minimum Gasteiger partial charge on any atom is -0.371 e. The molecule has 1 aromatic carbocycles. The van der Waals surface area contributed by atoms with Gasteiger partial charge in [-0.15, -0.1) is 0 Å². The summed E-state index contributed by atoms with van der Waals surface area (Å²) in [4.78, 5) is 28.6. The van der Waals surface area contributed by atoms with Gasteiger partial charge >= 0.3 is 6.03 Å². The molecule has 0 aliphatic carbocycles. The first-order chi connectivity index (χ1) is 14.8. The van der Waals surface area contributed by atoms with Crippen LogP contribution in [0, 0.1) is 12.3 Å². The van der Waals surface area contributed by atoms with Crippen molar-refractivity contribution in [2.24, 2.45) is 5.41 Å². The lowest BCUT2D eigenvalue weighted by atomic mass is 9.76. The molecule has 6 heteroatoms. The van der Waals surface area contributed by atoms with Gasteiger partial charge in [-0.3, -0.25) is 4.79 Å². The number of aryl methyl sites for hydroxylation is 2. The molecule has 1 aromatic heterocycles. The average molecular weight is 423 g/mol. The van der Waals surface area contributed by atoms with Gasteiger partial charge in [0.2, 0.25) is 0 Å². The molecule has 166 valence electrons. The van der Waals surface area contributed by atoms with Gasteiger partial charge in [0.25, 0.3) is 0 Å². The van der Waals surface area contributed by atoms with Gasteiger partial charge in [0.1, 0.15) is 5.69 Å². The largest absolute Gasteiger partial charge is 0.371 e. The van der Waals surface area contributed by atoms with Crippen molar-refractivity contribution in [2.45, 2.75) is 59.3 Å². The number of hydrogen-bond donors (Lipinski definition) is 0. The standard InChI is InChI=1S/C25H34N4O2/c1-19-6-7-21(23(18-19)27-13-4-5-14-27)8-10-25(3)11-16-28(17-12-25)24(31)29-15-9-22(26-29)20(2)30/h6-7,9,15,18H,4-5,8,10-14,16-17H2,1-3H3. The molecule has 0 radical (unpaired) electrons. The van der Waals surface area contributed by atoms with Crippen LogP contribution in [0.4, 0.5) is 10.5 Å². The number of rotatable bonds is 5. The molecule has 6 nitrogen and oxygen atoms in total. The minimum absolute atomic E-state index is 0.123. The molecule has 0 saturated carbocycles. The van der Waals surface area contributed by atoms with E-state index in [0.29, 0.717) is 5.69 Å². The van der Waals surface area contributed by atoms with E-state index < -0.39 is 0 Å². The Balaban J connectivity index is 1.36. The van der Waals surface area contributed by atoms with Gasteiger partial charge in [-0.25, -0.2) is 4.79 Å². The van der Waals surface area contributed by atoms with Crippen molar-refractivity contribution in [3.63, 3.8) is 0 Å². The van der Waals surface area contributed by atoms with Crippen LogP contribution in [0.2, 0.25) is 0 Å². The number of carbonyl (C=O) groups is 2. The van der Waals surface area contributed by atoms with Crippen LogP contribution in [0.15, 0.2) is 30.5 Å². The summed E-state index contributed by atoms with van der Waals surface area (Å²) in [5.41, 5.74) is 4.78. The molecule has 0 atom stereocenters. The molecule has 3 heterocycles. The van der Waals surface area contributed by atoms with Crippen LogP contribution in [0.5, 0.6) is 0 Å². The second-order valence-corrected chi connectivity index (χ2v) is 9.61. The Morgan fingerprint density at radius 1 is 1.06 bits per heavy atom. The van der Waals surface area contributed by atoms with Crippen LogP contribution in [0.1, 0.15) is 67.6 Å². The third-order valence-electron chi connectivity index (χ3n) is 7.07. The van der Waals surface area contributed by atoms with E-state index in [2.05, 4.69) is 42.0 Å². The molecule has 2 aromatic rings. The fraction of sp³-hybridized carbons (Fsp3) is 0.560. The third kappa shape index (κ3) is 4.83. The Hall–Kier alpha value is -2.63. The molecule has 0 bridgehead atoms. The van der Waals surface area contributed by atoms with Crippen LogP contribution in [-0.2, 0) is 6.42 Å². The van der Waals surface area contributed by atoms with Crippen LogP contribution >= 0.6 is 0 Å². The van der Waals surface area contributed by atoms with Crippen molar-refractivity contribution >= 4 is 17.5 Å². The van der Waals surface area contributed by atoms with Gasteiger partial charge in [-0.1, -0.05) is 19.1 Å². The summed E-state index contributed by atoms with van der Waals surface area (Å²) >= 11 is 0. The highest BCUT2D eigenvalue weighted by molar-refractivity contribution is 5.92. The summed E-state index contributed by atoms with van der Waals surface area (Å²) in [6.07, 6.45) is 8.37. The van der Waals surface area contributed by atoms with E-state index in [1.165, 1.54) is 54.4 Å². The van der Waals surface area contributed by atoms with Crippen molar-refractivity contribution in [1.29, 1.82) is 0 Å². The predicted octanol–water partition coefficient (Wildman–Crippen LogP) is 4.70. The molecule has 2 aliphatic heterocycles. The van der Waals surface area contributed by atoms with E-state index in [1.807, 2.05) is 4.90 Å². The lowest BCUT2D eigenvalue weighted by Gasteiger charge is -2.39. The van der Waals surface area contributed by atoms with Crippen LogP contribution < -0.4 is 4.90 Å². The molecule has 2 fully saturated rings. The molecule has 31 heavy (non-hydrogen) atoms. The average Bonchev–Trinajstić information content (AvgIpc) is 3.45. The van der Waals surface area contributed by atoms with Gasteiger partial charge in [0.15, 0.2) is 5.78 Å². The fourth-order valence-corrected chi connectivity index (χ4v) is 4.83. The Morgan fingerprint density at radius 2 is 1.77 bits per heavy atom. The number of piperidine rings is 1. The molecule has 0 N–H and O–H groups in total. The normalized spacial score (nSPS) is 18.4. The van der Waals surface area contributed by atoms with Crippen LogP contribution in [-0.4, -0.2) is 52.7 Å². The summed E-state index contributed by atoms with van der Waals surface area (Å²) in [6, 6.07) is 8.37. The zero-order chi connectivity index (χ0) is 22.0. The molecular formula is C25H34N4O2. The monoisotopic (exact) mass is 422 g/mol. The first-order valence-corrected chi connectivity index (χ1v) is 11.6. The number of Topliss-reactive ketones (excluding diaryl/α,β-unsaturated/α-hetero) is 1. The third-order valence-corrected chi connectivity index (χ3v) is 7.07. The number of hydrogen-bond acceptors (Lipinski definition) is 4. The zero-order valence-electron chi connectivity index (χ0n) is 19.1. The second kappa shape index (κ2) is 8.85. The number of carbonyl (C=O) groups excluding carboxylic acids is 2. The summed E-state index contributed by atoms with van der Waals surface area (Å²) in [5.74, 6) is -0.123. The molecule has 0 unspecified atom stereocenters. The Kier molecular flexibility index (Phi) is 6.17. The van der Waals surface area contributed by atoms with Crippen molar-refractivity contribution in [3.8, 4) is 0 Å². The highest BCUT2D eigenvalue weighted by Crippen LogP contribution is 2.37. The number of likely N-dealkylation sites (tertiary alicyclic amines) is 1.